The van der Waals surface area contributed by atoms with Crippen LogP contribution in [0.1, 0.15) is 24.5 Å². The Balaban J connectivity index is 0.000000396. The lowest BCUT2D eigenvalue weighted by atomic mass is 10.2. The number of nitrogens with zero attached hydrogens (tertiary/aromatic N) is 2. The number of ether oxygens (including phenoxy) is 1. The van der Waals surface area contributed by atoms with Crippen molar-refractivity contribution in [1.29, 1.82) is 5.26 Å². The molecule has 2 rings (SSSR count). The van der Waals surface area contributed by atoms with Gasteiger partial charge in [0, 0.05) is 18.2 Å². The number of nitriles is 1. The molecule has 1 aromatic heterocycles. The van der Waals surface area contributed by atoms with Crippen LogP contribution in [0.4, 0.5) is 0 Å². The van der Waals surface area contributed by atoms with Gasteiger partial charge in [-0.25, -0.2) is 5.26 Å². The average Bonchev–Trinajstić information content (AvgIpc) is 3.05. The van der Waals surface area contributed by atoms with Crippen molar-refractivity contribution in [2.24, 2.45) is 0 Å². The molecule has 13 heavy (non-hydrogen) atoms. The molecule has 68 valence electrons. The summed E-state index contributed by atoms with van der Waals surface area (Å²) in [6.45, 7) is 3.50. The molecule has 0 bridgehead atoms. The Morgan fingerprint density at radius 2 is 2.15 bits per heavy atom. The zero-order valence-corrected chi connectivity index (χ0v) is 7.60. The molecule has 0 aliphatic heterocycles. The third-order valence-electron chi connectivity index (χ3n) is 1.99. The second-order valence-corrected chi connectivity index (χ2v) is 2.90. The first-order valence-corrected chi connectivity index (χ1v) is 4.16. The second-order valence-electron chi connectivity index (χ2n) is 2.90. The van der Waals surface area contributed by atoms with E-state index < -0.39 is 0 Å². The van der Waals surface area contributed by atoms with E-state index in [4.69, 9.17) is 10.00 Å². The summed E-state index contributed by atoms with van der Waals surface area (Å²) in [4.78, 5) is 4.29. The van der Waals surface area contributed by atoms with Crippen molar-refractivity contribution < 1.29 is 4.74 Å². The zero-order chi connectivity index (χ0) is 9.68. The molecule has 0 spiro atoms. The van der Waals surface area contributed by atoms with Gasteiger partial charge in [0.1, 0.15) is 5.75 Å². The molecule has 0 N–H and O–H groups in total. The summed E-state index contributed by atoms with van der Waals surface area (Å²) in [6.07, 6.45) is 4.40. The Kier molecular flexibility index (Phi) is 3.27. The number of hydrogen-bond donors (Lipinski definition) is 0. The van der Waals surface area contributed by atoms with Crippen LogP contribution in [0.15, 0.2) is 18.3 Å². The number of aromatic nitrogens is 1. The monoisotopic (exact) mass is 176 g/mol. The largest absolute Gasteiger partial charge is 0.495 e. The Morgan fingerprint density at radius 1 is 1.46 bits per heavy atom. The van der Waals surface area contributed by atoms with E-state index in [0.29, 0.717) is 0 Å². The van der Waals surface area contributed by atoms with Crippen LogP contribution in [0.2, 0.25) is 0 Å². The maximum absolute atomic E-state index is 6.50. The molecule has 0 radical (unpaired) electrons. The molecule has 1 aliphatic carbocycles. The highest BCUT2D eigenvalue weighted by Gasteiger charge is 2.24. The van der Waals surface area contributed by atoms with Crippen LogP contribution in [0.5, 0.6) is 5.75 Å². The zero-order valence-electron chi connectivity index (χ0n) is 7.60. The Morgan fingerprint density at radius 3 is 2.54 bits per heavy atom. The Bertz CT molecular complexity index is 275. The van der Waals surface area contributed by atoms with Gasteiger partial charge in [-0.15, -0.1) is 0 Å². The van der Waals surface area contributed by atoms with Crippen LogP contribution in [0.3, 0.4) is 0 Å². The maximum atomic E-state index is 6.50. The highest BCUT2D eigenvalue weighted by atomic mass is 16.5. The molecule has 0 atom stereocenters. The Hall–Kier alpha value is -1.56. The lowest BCUT2D eigenvalue weighted by Crippen LogP contribution is -1.87. The van der Waals surface area contributed by atoms with E-state index in [1.807, 2.05) is 6.07 Å². The second kappa shape index (κ2) is 4.46. The normalized spacial score (nSPS) is 14.1. The highest BCUT2D eigenvalue weighted by molar-refractivity contribution is 5.23. The van der Waals surface area contributed by atoms with Crippen molar-refractivity contribution in [3.05, 3.63) is 24.0 Å². The average molecular weight is 176 g/mol. The maximum Gasteiger partial charge on any atom is 0.137 e. The fourth-order valence-electron chi connectivity index (χ4n) is 1.13. The molecule has 0 saturated heterocycles. The van der Waals surface area contributed by atoms with Gasteiger partial charge in [-0.1, -0.05) is 0 Å². The van der Waals surface area contributed by atoms with E-state index in [1.165, 1.54) is 18.5 Å². The lowest BCUT2D eigenvalue weighted by Gasteiger charge is -1.99. The van der Waals surface area contributed by atoms with Crippen molar-refractivity contribution >= 4 is 0 Å². The van der Waals surface area contributed by atoms with Gasteiger partial charge in [0.25, 0.3) is 0 Å². The number of rotatable bonds is 2. The first-order valence-electron chi connectivity index (χ1n) is 4.16. The smallest absolute Gasteiger partial charge is 0.137 e. The van der Waals surface area contributed by atoms with Gasteiger partial charge in [0.05, 0.1) is 13.3 Å². The van der Waals surface area contributed by atoms with Crippen molar-refractivity contribution in [1.82, 2.24) is 4.98 Å². The minimum Gasteiger partial charge on any atom is -0.495 e. The first kappa shape index (κ1) is 9.53. The topological polar surface area (TPSA) is 45.9 Å². The molecular formula is C10H12N2O. The lowest BCUT2D eigenvalue weighted by molar-refractivity contribution is 0.412. The van der Waals surface area contributed by atoms with Gasteiger partial charge in [-0.3, -0.25) is 4.98 Å². The molecule has 1 saturated carbocycles. The summed E-state index contributed by atoms with van der Waals surface area (Å²) >= 11 is 0. The fourth-order valence-corrected chi connectivity index (χ4v) is 1.13. The summed E-state index contributed by atoms with van der Waals surface area (Å²) in [6, 6.07) is 4.02. The van der Waals surface area contributed by atoms with Crippen molar-refractivity contribution in [3.63, 3.8) is 0 Å². The SMILES string of the molecule is C#N.COc1ccc(C2CC2)nc1. The van der Waals surface area contributed by atoms with E-state index in [-0.39, 0.29) is 0 Å². The van der Waals surface area contributed by atoms with E-state index in [0.717, 1.165) is 11.7 Å². The quantitative estimate of drug-likeness (QED) is 0.693. The van der Waals surface area contributed by atoms with Crippen molar-refractivity contribution in [2.45, 2.75) is 18.8 Å². The molecule has 1 aliphatic rings. The van der Waals surface area contributed by atoms with Gasteiger partial charge in [0.2, 0.25) is 0 Å². The van der Waals surface area contributed by atoms with Gasteiger partial charge >= 0.3 is 0 Å². The summed E-state index contributed by atoms with van der Waals surface area (Å²) in [7, 11) is 1.66. The van der Waals surface area contributed by atoms with Crippen LogP contribution >= 0.6 is 0 Å². The molecule has 0 aromatic carbocycles. The molecule has 1 aromatic rings. The van der Waals surface area contributed by atoms with E-state index in [9.17, 15) is 0 Å². The van der Waals surface area contributed by atoms with Crippen LogP contribution in [0.25, 0.3) is 0 Å². The van der Waals surface area contributed by atoms with E-state index >= 15 is 0 Å². The standard InChI is InChI=1S/C9H11NO.CHN/c1-11-8-4-5-9(10-6-8)7-2-3-7;1-2/h4-7H,2-3H2,1H3;1H. The third-order valence-corrected chi connectivity index (χ3v) is 1.99. The van der Waals surface area contributed by atoms with Crippen LogP contribution in [0, 0.1) is 11.8 Å². The minimum atomic E-state index is 0.737. The number of methoxy groups -OCH3 is 1. The van der Waals surface area contributed by atoms with Gasteiger partial charge in [-0.2, -0.15) is 0 Å². The summed E-state index contributed by atoms with van der Waals surface area (Å²) in [5.74, 6) is 1.58. The Labute approximate surface area is 78.0 Å². The molecule has 0 unspecified atom stereocenters. The van der Waals surface area contributed by atoms with Crippen LogP contribution in [-0.4, -0.2) is 12.1 Å². The molecule has 1 heterocycles. The molecule has 3 nitrogen and oxygen atoms in total. The number of hydrogen-bond acceptors (Lipinski definition) is 3. The van der Waals surface area contributed by atoms with E-state index in [1.54, 1.807) is 13.3 Å². The fraction of sp³-hybridized carbons (Fsp3) is 0.400. The van der Waals surface area contributed by atoms with Crippen LogP contribution < -0.4 is 4.74 Å². The molecular weight excluding hydrogens is 164 g/mol. The minimum absolute atomic E-state index is 0.737. The summed E-state index contributed by atoms with van der Waals surface area (Å²) in [5, 5.41) is 6.50. The van der Waals surface area contributed by atoms with Gasteiger partial charge in [-0.05, 0) is 25.0 Å². The van der Waals surface area contributed by atoms with Crippen molar-refractivity contribution in [2.75, 3.05) is 7.11 Å². The number of pyridine rings is 1. The summed E-state index contributed by atoms with van der Waals surface area (Å²) in [5.41, 5.74) is 1.21. The third kappa shape index (κ3) is 2.45. The predicted molar refractivity (Wildman–Crippen MR) is 49.4 cm³/mol. The predicted octanol–water partition coefficient (Wildman–Crippen LogP) is 2.11. The summed E-state index contributed by atoms with van der Waals surface area (Å²) < 4.78 is 5.01. The molecule has 3 heteroatoms. The highest BCUT2D eigenvalue weighted by Crippen LogP contribution is 2.38. The van der Waals surface area contributed by atoms with Crippen LogP contribution in [-0.2, 0) is 0 Å². The van der Waals surface area contributed by atoms with Crippen molar-refractivity contribution in [3.8, 4) is 12.3 Å². The molecule has 0 amide bonds. The van der Waals surface area contributed by atoms with E-state index in [2.05, 4.69) is 17.6 Å². The van der Waals surface area contributed by atoms with Gasteiger partial charge in [0.15, 0.2) is 0 Å². The van der Waals surface area contributed by atoms with Gasteiger partial charge < -0.3 is 4.74 Å². The molecule has 1 fully saturated rings. The first-order chi connectivity index (χ1) is 6.40.